The molecule has 5 heteroatoms. The van der Waals surface area contributed by atoms with Gasteiger partial charge >= 0.3 is 5.97 Å². The Morgan fingerprint density at radius 2 is 1.95 bits per heavy atom. The largest absolute Gasteiger partial charge is 0.495 e. The van der Waals surface area contributed by atoms with Gasteiger partial charge in [-0.3, -0.25) is 4.79 Å². The smallest absolute Gasteiger partial charge is 0.335 e. The van der Waals surface area contributed by atoms with Crippen molar-refractivity contribution in [2.24, 2.45) is 5.92 Å². The first-order chi connectivity index (χ1) is 9.51. The van der Waals surface area contributed by atoms with Crippen LogP contribution in [-0.4, -0.2) is 24.1 Å². The number of benzene rings is 1. The van der Waals surface area contributed by atoms with Gasteiger partial charge in [0.1, 0.15) is 5.75 Å². The van der Waals surface area contributed by atoms with Crippen LogP contribution in [0.1, 0.15) is 43.5 Å². The molecule has 0 radical (unpaired) electrons. The van der Waals surface area contributed by atoms with Crippen LogP contribution in [0.5, 0.6) is 5.75 Å². The third-order valence-corrected chi connectivity index (χ3v) is 3.35. The predicted octanol–water partition coefficient (Wildman–Crippen LogP) is 3.16. The van der Waals surface area contributed by atoms with E-state index in [-0.39, 0.29) is 11.5 Å². The summed E-state index contributed by atoms with van der Waals surface area (Å²) in [5, 5.41) is 11.7. The van der Waals surface area contributed by atoms with Crippen LogP contribution in [0, 0.1) is 5.92 Å². The lowest BCUT2D eigenvalue weighted by molar-refractivity contribution is -0.117. The summed E-state index contributed by atoms with van der Waals surface area (Å²) in [6.45, 7) is 4.12. The van der Waals surface area contributed by atoms with E-state index in [4.69, 9.17) is 9.84 Å². The van der Waals surface area contributed by atoms with Crippen LogP contribution in [0.15, 0.2) is 18.2 Å². The summed E-state index contributed by atoms with van der Waals surface area (Å²) in [5.74, 6) is -0.402. The third-order valence-electron chi connectivity index (χ3n) is 3.35. The number of rotatable bonds is 7. The molecule has 0 bridgehead atoms. The molecule has 1 rings (SSSR count). The molecule has 0 aliphatic rings. The molecule has 1 amide bonds. The predicted molar refractivity (Wildman–Crippen MR) is 77.3 cm³/mol. The van der Waals surface area contributed by atoms with E-state index >= 15 is 0 Å². The number of amides is 1. The maximum atomic E-state index is 11.9. The summed E-state index contributed by atoms with van der Waals surface area (Å²) in [6, 6.07) is 4.39. The summed E-state index contributed by atoms with van der Waals surface area (Å²) < 4.78 is 5.12. The summed E-state index contributed by atoms with van der Waals surface area (Å²) in [5.41, 5.74) is 0.619. The minimum absolute atomic E-state index is 0.0833. The van der Waals surface area contributed by atoms with Gasteiger partial charge in [0.2, 0.25) is 5.91 Å². The van der Waals surface area contributed by atoms with Gasteiger partial charge in [-0.1, -0.05) is 26.7 Å². The third kappa shape index (κ3) is 4.26. The van der Waals surface area contributed by atoms with Crippen LogP contribution in [0.2, 0.25) is 0 Å². The number of hydrogen-bond acceptors (Lipinski definition) is 3. The minimum Gasteiger partial charge on any atom is -0.495 e. The topological polar surface area (TPSA) is 75.6 Å². The van der Waals surface area contributed by atoms with Crippen LogP contribution in [0.3, 0.4) is 0 Å². The first-order valence-electron chi connectivity index (χ1n) is 6.72. The molecule has 0 atom stereocenters. The van der Waals surface area contributed by atoms with E-state index < -0.39 is 5.97 Å². The summed E-state index contributed by atoms with van der Waals surface area (Å²) in [6.07, 6.45) is 2.37. The van der Waals surface area contributed by atoms with Crippen molar-refractivity contribution in [3.63, 3.8) is 0 Å². The number of nitrogens with one attached hydrogen (secondary N) is 1. The molecule has 0 fully saturated rings. The number of carboxylic acids is 1. The second kappa shape index (κ2) is 7.53. The lowest BCUT2D eigenvalue weighted by atomic mass is 9.99. The van der Waals surface area contributed by atoms with Gasteiger partial charge in [0.15, 0.2) is 0 Å². The normalized spacial score (nSPS) is 10.4. The molecule has 0 aliphatic carbocycles. The fraction of sp³-hybridized carbons (Fsp3) is 0.467. The Morgan fingerprint density at radius 3 is 2.45 bits per heavy atom. The van der Waals surface area contributed by atoms with Crippen molar-refractivity contribution < 1.29 is 19.4 Å². The van der Waals surface area contributed by atoms with E-state index in [1.807, 2.05) is 0 Å². The zero-order valence-corrected chi connectivity index (χ0v) is 12.1. The highest BCUT2D eigenvalue weighted by molar-refractivity contribution is 5.94. The standard InChI is InChI=1S/C15H21NO4/c1-4-10(5-2)8-14(17)16-12-7-6-11(15(18)19)9-13(12)20-3/h6-7,9-10H,4-5,8H2,1-3H3,(H,16,17)(H,18,19). The first kappa shape index (κ1) is 16.0. The fourth-order valence-corrected chi connectivity index (χ4v) is 1.97. The van der Waals surface area contributed by atoms with Gasteiger partial charge in [-0.25, -0.2) is 4.79 Å². The van der Waals surface area contributed by atoms with E-state index in [0.29, 0.717) is 23.8 Å². The Labute approximate surface area is 118 Å². The number of carbonyl (C=O) groups excluding carboxylic acids is 1. The average Bonchev–Trinajstić information content (AvgIpc) is 2.44. The lowest BCUT2D eigenvalue weighted by Crippen LogP contribution is -2.16. The van der Waals surface area contributed by atoms with E-state index in [2.05, 4.69) is 19.2 Å². The maximum absolute atomic E-state index is 11.9. The van der Waals surface area contributed by atoms with Crippen LogP contribution < -0.4 is 10.1 Å². The van der Waals surface area contributed by atoms with Gasteiger partial charge in [-0.15, -0.1) is 0 Å². The molecule has 0 saturated carbocycles. The van der Waals surface area contributed by atoms with Crippen molar-refractivity contribution in [3.05, 3.63) is 23.8 Å². The lowest BCUT2D eigenvalue weighted by Gasteiger charge is -2.14. The Balaban J connectivity index is 2.81. The van der Waals surface area contributed by atoms with Crippen molar-refractivity contribution in [2.75, 3.05) is 12.4 Å². The molecule has 1 aromatic carbocycles. The van der Waals surface area contributed by atoms with Crippen molar-refractivity contribution in [3.8, 4) is 5.75 Å². The van der Waals surface area contributed by atoms with Crippen molar-refractivity contribution in [2.45, 2.75) is 33.1 Å². The zero-order valence-electron chi connectivity index (χ0n) is 12.1. The molecule has 5 nitrogen and oxygen atoms in total. The van der Waals surface area contributed by atoms with Gasteiger partial charge in [0, 0.05) is 6.42 Å². The molecule has 20 heavy (non-hydrogen) atoms. The molecule has 2 N–H and O–H groups in total. The molecule has 0 aliphatic heterocycles. The number of carboxylic acid groups (broad SMARTS) is 1. The van der Waals surface area contributed by atoms with E-state index in [0.717, 1.165) is 12.8 Å². The first-order valence-corrected chi connectivity index (χ1v) is 6.72. The quantitative estimate of drug-likeness (QED) is 0.804. The van der Waals surface area contributed by atoms with Gasteiger partial charge < -0.3 is 15.2 Å². The molecular weight excluding hydrogens is 258 g/mol. The molecule has 0 unspecified atom stereocenters. The van der Waals surface area contributed by atoms with E-state index in [1.54, 1.807) is 6.07 Å². The number of anilines is 1. The second-order valence-electron chi connectivity index (χ2n) is 4.66. The Morgan fingerprint density at radius 1 is 1.30 bits per heavy atom. The summed E-state index contributed by atoms with van der Waals surface area (Å²) in [7, 11) is 1.44. The Hall–Kier alpha value is -2.04. The number of hydrogen-bond donors (Lipinski definition) is 2. The molecule has 0 heterocycles. The number of aromatic carboxylic acids is 1. The van der Waals surface area contributed by atoms with Crippen LogP contribution in [-0.2, 0) is 4.79 Å². The van der Waals surface area contributed by atoms with Crippen molar-refractivity contribution >= 4 is 17.6 Å². The highest BCUT2D eigenvalue weighted by Crippen LogP contribution is 2.26. The Kier molecular flexibility index (Phi) is 6.03. The van der Waals surface area contributed by atoms with Gasteiger partial charge in [-0.05, 0) is 24.1 Å². The Bertz CT molecular complexity index is 481. The van der Waals surface area contributed by atoms with Crippen molar-refractivity contribution in [1.82, 2.24) is 0 Å². The number of methoxy groups -OCH3 is 1. The number of ether oxygens (including phenoxy) is 1. The number of carbonyl (C=O) groups is 2. The van der Waals surface area contributed by atoms with Gasteiger partial charge in [0.05, 0.1) is 18.4 Å². The van der Waals surface area contributed by atoms with Crippen LogP contribution >= 0.6 is 0 Å². The summed E-state index contributed by atoms with van der Waals surface area (Å²) in [4.78, 5) is 22.8. The van der Waals surface area contributed by atoms with Crippen LogP contribution in [0.4, 0.5) is 5.69 Å². The zero-order chi connectivity index (χ0) is 15.1. The maximum Gasteiger partial charge on any atom is 0.335 e. The average molecular weight is 279 g/mol. The van der Waals surface area contributed by atoms with Crippen LogP contribution in [0.25, 0.3) is 0 Å². The van der Waals surface area contributed by atoms with Gasteiger partial charge in [0.25, 0.3) is 0 Å². The van der Waals surface area contributed by atoms with Crippen molar-refractivity contribution in [1.29, 1.82) is 0 Å². The highest BCUT2D eigenvalue weighted by Gasteiger charge is 2.14. The second-order valence-corrected chi connectivity index (χ2v) is 4.66. The van der Waals surface area contributed by atoms with Gasteiger partial charge in [-0.2, -0.15) is 0 Å². The molecule has 0 saturated heterocycles. The molecular formula is C15H21NO4. The highest BCUT2D eigenvalue weighted by atomic mass is 16.5. The summed E-state index contributed by atoms with van der Waals surface area (Å²) >= 11 is 0. The monoisotopic (exact) mass is 279 g/mol. The fourth-order valence-electron chi connectivity index (χ4n) is 1.97. The molecule has 0 aromatic heterocycles. The molecule has 110 valence electrons. The van der Waals surface area contributed by atoms with E-state index in [9.17, 15) is 9.59 Å². The SMILES string of the molecule is CCC(CC)CC(=O)Nc1ccc(C(=O)O)cc1OC. The minimum atomic E-state index is -1.03. The molecule has 0 spiro atoms. The van der Waals surface area contributed by atoms with E-state index in [1.165, 1.54) is 19.2 Å². The molecule has 1 aromatic rings.